The van der Waals surface area contributed by atoms with Crippen LogP contribution in [0.15, 0.2) is 24.3 Å². The molecule has 0 heterocycles. The lowest BCUT2D eigenvalue weighted by Gasteiger charge is -2.34. The number of ether oxygens (including phenoxy) is 1. The minimum atomic E-state index is -0.933. The second-order valence-electron chi connectivity index (χ2n) is 6.06. The van der Waals surface area contributed by atoms with E-state index >= 15 is 0 Å². The second kappa shape index (κ2) is 8.67. The van der Waals surface area contributed by atoms with Gasteiger partial charge in [0.25, 0.3) is 0 Å². The van der Waals surface area contributed by atoms with Crippen LogP contribution in [0.5, 0.6) is 0 Å². The summed E-state index contributed by atoms with van der Waals surface area (Å²) >= 11 is 0. The summed E-state index contributed by atoms with van der Waals surface area (Å²) in [6.07, 6.45) is 4.72. The third-order valence-electron chi connectivity index (χ3n) is 4.31. The van der Waals surface area contributed by atoms with Gasteiger partial charge in [0.1, 0.15) is 0 Å². The molecule has 1 fully saturated rings. The molecule has 1 aromatic rings. The minimum absolute atomic E-state index is 0.0491. The number of hydrogen-bond donors (Lipinski definition) is 2. The molecule has 0 aromatic heterocycles. The van der Waals surface area contributed by atoms with Crippen LogP contribution in [0.4, 0.5) is 0 Å². The third kappa shape index (κ3) is 5.67. The number of carbonyl (C=O) groups is 2. The Morgan fingerprint density at radius 3 is 2.57 bits per heavy atom. The first kappa shape index (κ1) is 17.5. The van der Waals surface area contributed by atoms with Crippen molar-refractivity contribution in [1.82, 2.24) is 5.32 Å². The zero-order valence-corrected chi connectivity index (χ0v) is 13.6. The first-order chi connectivity index (χ1) is 11.1. The second-order valence-corrected chi connectivity index (χ2v) is 6.06. The van der Waals surface area contributed by atoms with Gasteiger partial charge in [0.05, 0.1) is 11.7 Å². The average Bonchev–Trinajstić information content (AvgIpc) is 2.50. The fourth-order valence-corrected chi connectivity index (χ4v) is 2.86. The number of nitrogens with one attached hydrogen (secondary N) is 1. The van der Waals surface area contributed by atoms with E-state index in [4.69, 9.17) is 9.84 Å². The average molecular weight is 319 g/mol. The van der Waals surface area contributed by atoms with Gasteiger partial charge >= 0.3 is 5.97 Å². The Balaban J connectivity index is 1.57. The molecule has 0 aliphatic heterocycles. The highest BCUT2D eigenvalue weighted by molar-refractivity contribution is 5.87. The molecule has 1 saturated carbocycles. The first-order valence-corrected chi connectivity index (χ1v) is 8.29. The largest absolute Gasteiger partial charge is 0.478 e. The molecule has 1 aliphatic rings. The van der Waals surface area contributed by atoms with Crippen LogP contribution >= 0.6 is 0 Å². The molecule has 0 atom stereocenters. The molecule has 126 valence electrons. The molecule has 0 unspecified atom stereocenters. The highest BCUT2D eigenvalue weighted by Gasteiger charge is 2.28. The van der Waals surface area contributed by atoms with Crippen molar-refractivity contribution in [1.29, 1.82) is 0 Å². The molecule has 1 aliphatic carbocycles. The van der Waals surface area contributed by atoms with Crippen LogP contribution < -0.4 is 5.32 Å². The van der Waals surface area contributed by atoms with Crippen LogP contribution in [0, 0.1) is 5.92 Å². The van der Waals surface area contributed by atoms with Gasteiger partial charge in [-0.05, 0) is 56.2 Å². The lowest BCUT2D eigenvalue weighted by molar-refractivity contribution is -0.121. The van der Waals surface area contributed by atoms with Gasteiger partial charge in [0.15, 0.2) is 0 Å². The molecule has 1 amide bonds. The summed E-state index contributed by atoms with van der Waals surface area (Å²) in [5, 5.41) is 11.8. The maximum absolute atomic E-state index is 11.8. The van der Waals surface area contributed by atoms with Gasteiger partial charge < -0.3 is 15.2 Å². The molecular weight excluding hydrogens is 294 g/mol. The van der Waals surface area contributed by atoms with Crippen molar-refractivity contribution >= 4 is 11.9 Å². The van der Waals surface area contributed by atoms with Crippen molar-refractivity contribution in [2.24, 2.45) is 5.92 Å². The summed E-state index contributed by atoms with van der Waals surface area (Å²) in [6, 6.07) is 6.67. The standard InChI is InChI=1S/C18H25NO4/c1-2-23-16-11-14(12-16)9-10-19-17(20)8-5-13-3-6-15(7-4-13)18(21)22/h3-4,6-7,14,16H,2,5,8-12H2,1H3,(H,19,20)(H,21,22). The molecule has 5 nitrogen and oxygen atoms in total. The van der Waals surface area contributed by atoms with Crippen molar-refractivity contribution in [2.75, 3.05) is 13.2 Å². The molecule has 5 heteroatoms. The summed E-state index contributed by atoms with van der Waals surface area (Å²) in [5.41, 5.74) is 1.24. The van der Waals surface area contributed by atoms with Crippen LogP contribution in [-0.4, -0.2) is 36.2 Å². The fraction of sp³-hybridized carbons (Fsp3) is 0.556. The Hall–Kier alpha value is -1.88. The van der Waals surface area contributed by atoms with Crippen LogP contribution in [0.1, 0.15) is 48.5 Å². The van der Waals surface area contributed by atoms with Gasteiger partial charge in [0, 0.05) is 19.6 Å². The van der Waals surface area contributed by atoms with Crippen molar-refractivity contribution < 1.29 is 19.4 Å². The predicted octanol–water partition coefficient (Wildman–Crippen LogP) is 2.64. The summed E-state index contributed by atoms with van der Waals surface area (Å²) in [7, 11) is 0. The predicted molar refractivity (Wildman–Crippen MR) is 87.5 cm³/mol. The number of aromatic carboxylic acids is 1. The zero-order valence-electron chi connectivity index (χ0n) is 13.6. The number of amides is 1. The van der Waals surface area contributed by atoms with E-state index in [0.717, 1.165) is 38.0 Å². The van der Waals surface area contributed by atoms with Gasteiger partial charge in [0.2, 0.25) is 5.91 Å². The van der Waals surface area contributed by atoms with Crippen molar-refractivity contribution in [3.8, 4) is 0 Å². The maximum Gasteiger partial charge on any atom is 0.335 e. The first-order valence-electron chi connectivity index (χ1n) is 8.29. The quantitative estimate of drug-likeness (QED) is 0.733. The normalized spacial score (nSPS) is 19.9. The lowest BCUT2D eigenvalue weighted by atomic mass is 9.80. The van der Waals surface area contributed by atoms with Crippen LogP contribution in [0.2, 0.25) is 0 Å². The summed E-state index contributed by atoms with van der Waals surface area (Å²) in [5.74, 6) is -0.208. The van der Waals surface area contributed by atoms with Crippen LogP contribution in [0.25, 0.3) is 0 Å². The molecule has 1 aromatic carbocycles. The van der Waals surface area contributed by atoms with E-state index in [9.17, 15) is 9.59 Å². The number of benzene rings is 1. The molecule has 0 bridgehead atoms. The van der Waals surface area contributed by atoms with E-state index in [2.05, 4.69) is 5.32 Å². The monoisotopic (exact) mass is 319 g/mol. The molecular formula is C18H25NO4. The number of carbonyl (C=O) groups excluding carboxylic acids is 1. The van der Waals surface area contributed by atoms with E-state index in [1.165, 1.54) is 0 Å². The molecule has 2 rings (SSSR count). The zero-order chi connectivity index (χ0) is 16.7. The van der Waals surface area contributed by atoms with E-state index < -0.39 is 5.97 Å². The minimum Gasteiger partial charge on any atom is -0.478 e. The lowest BCUT2D eigenvalue weighted by Crippen LogP contribution is -2.34. The summed E-state index contributed by atoms with van der Waals surface area (Å²) < 4.78 is 5.52. The van der Waals surface area contributed by atoms with Crippen molar-refractivity contribution in [3.05, 3.63) is 35.4 Å². The molecule has 0 saturated heterocycles. The fourth-order valence-electron chi connectivity index (χ4n) is 2.86. The van der Waals surface area contributed by atoms with E-state index in [0.29, 0.717) is 24.9 Å². The Bertz CT molecular complexity index is 520. The number of aryl methyl sites for hydroxylation is 1. The Morgan fingerprint density at radius 1 is 1.26 bits per heavy atom. The van der Waals surface area contributed by atoms with Gasteiger partial charge in [-0.15, -0.1) is 0 Å². The molecule has 23 heavy (non-hydrogen) atoms. The van der Waals surface area contributed by atoms with E-state index in [1.807, 2.05) is 6.92 Å². The Morgan fingerprint density at radius 2 is 1.96 bits per heavy atom. The molecule has 2 N–H and O–H groups in total. The van der Waals surface area contributed by atoms with Gasteiger partial charge in [-0.1, -0.05) is 12.1 Å². The molecule has 0 radical (unpaired) electrons. The SMILES string of the molecule is CCOC1CC(CCNC(=O)CCc2ccc(C(=O)O)cc2)C1. The van der Waals surface area contributed by atoms with Crippen molar-refractivity contribution in [3.63, 3.8) is 0 Å². The summed E-state index contributed by atoms with van der Waals surface area (Å²) in [6.45, 7) is 3.52. The number of carboxylic acids is 1. The topological polar surface area (TPSA) is 75.6 Å². The third-order valence-corrected chi connectivity index (χ3v) is 4.31. The number of hydrogen-bond acceptors (Lipinski definition) is 3. The van der Waals surface area contributed by atoms with Crippen LogP contribution in [-0.2, 0) is 16.0 Å². The highest BCUT2D eigenvalue weighted by Crippen LogP contribution is 2.32. The van der Waals surface area contributed by atoms with Gasteiger partial charge in [-0.2, -0.15) is 0 Å². The summed E-state index contributed by atoms with van der Waals surface area (Å²) in [4.78, 5) is 22.6. The smallest absolute Gasteiger partial charge is 0.335 e. The number of carboxylic acid groups (broad SMARTS) is 1. The Kier molecular flexibility index (Phi) is 6.59. The Labute approximate surface area is 137 Å². The van der Waals surface area contributed by atoms with Gasteiger partial charge in [-0.3, -0.25) is 4.79 Å². The van der Waals surface area contributed by atoms with E-state index in [1.54, 1.807) is 24.3 Å². The number of rotatable bonds is 9. The molecule has 0 spiro atoms. The van der Waals surface area contributed by atoms with Gasteiger partial charge in [-0.25, -0.2) is 4.79 Å². The van der Waals surface area contributed by atoms with Crippen molar-refractivity contribution in [2.45, 2.75) is 45.1 Å². The van der Waals surface area contributed by atoms with E-state index in [-0.39, 0.29) is 11.5 Å². The maximum atomic E-state index is 11.8. The van der Waals surface area contributed by atoms with Crippen LogP contribution in [0.3, 0.4) is 0 Å². The highest BCUT2D eigenvalue weighted by atomic mass is 16.5.